The quantitative estimate of drug-likeness (QED) is 0.749. The van der Waals surface area contributed by atoms with Crippen molar-refractivity contribution in [2.45, 2.75) is 18.2 Å². The first-order chi connectivity index (χ1) is 11.4. The molecule has 0 bridgehead atoms. The zero-order valence-electron chi connectivity index (χ0n) is 13.1. The molecule has 2 rings (SSSR count). The molecule has 0 saturated carbocycles. The average molecular weight is 350 g/mol. The number of hydrogen-bond acceptors (Lipinski definition) is 6. The lowest BCUT2D eigenvalue weighted by Gasteiger charge is -2.06. The van der Waals surface area contributed by atoms with Gasteiger partial charge in [0.25, 0.3) is 5.91 Å². The topological polar surface area (TPSA) is 124 Å². The fourth-order valence-corrected chi connectivity index (χ4v) is 2.44. The number of benzene rings is 1. The summed E-state index contributed by atoms with van der Waals surface area (Å²) in [6.45, 7) is 2.69. The Balaban J connectivity index is 1.86. The number of sulfonamides is 1. The number of aromatic nitrogens is 2. The van der Waals surface area contributed by atoms with Gasteiger partial charge in [0.1, 0.15) is 0 Å². The monoisotopic (exact) mass is 350 g/mol. The lowest BCUT2D eigenvalue weighted by atomic mass is 10.1. The largest absolute Gasteiger partial charge is 0.477 e. The molecule has 1 amide bonds. The van der Waals surface area contributed by atoms with E-state index in [-0.39, 0.29) is 16.5 Å². The predicted molar refractivity (Wildman–Crippen MR) is 87.1 cm³/mol. The van der Waals surface area contributed by atoms with Gasteiger partial charge in [0, 0.05) is 12.6 Å². The third kappa shape index (κ3) is 5.00. The number of nitrogens with one attached hydrogen (secondary N) is 1. The normalized spacial score (nSPS) is 11.1. The summed E-state index contributed by atoms with van der Waals surface area (Å²) < 4.78 is 27.5. The summed E-state index contributed by atoms with van der Waals surface area (Å²) in [4.78, 5) is 12.0. The van der Waals surface area contributed by atoms with E-state index in [2.05, 4.69) is 15.5 Å². The number of hydrogen-bond donors (Lipinski definition) is 2. The lowest BCUT2D eigenvalue weighted by Crippen LogP contribution is -2.26. The van der Waals surface area contributed by atoms with Gasteiger partial charge in [0.2, 0.25) is 15.9 Å². The van der Waals surface area contributed by atoms with E-state index in [9.17, 15) is 13.2 Å². The van der Waals surface area contributed by atoms with Crippen molar-refractivity contribution in [1.29, 1.82) is 0 Å². The van der Waals surface area contributed by atoms with E-state index in [4.69, 9.17) is 9.88 Å². The Morgan fingerprint density at radius 2 is 1.88 bits per heavy atom. The molecule has 1 aromatic carbocycles. The molecule has 0 unspecified atom stereocenters. The molecule has 0 atom stereocenters. The lowest BCUT2D eigenvalue weighted by molar-refractivity contribution is 0.0948. The van der Waals surface area contributed by atoms with Gasteiger partial charge < -0.3 is 10.1 Å². The second kappa shape index (κ2) is 7.84. The van der Waals surface area contributed by atoms with Crippen molar-refractivity contribution in [1.82, 2.24) is 15.5 Å². The number of carbonyl (C=O) groups excluding carboxylic acids is 1. The number of nitrogens with two attached hydrogens (primary N) is 1. The van der Waals surface area contributed by atoms with Crippen LogP contribution >= 0.6 is 0 Å². The zero-order valence-corrected chi connectivity index (χ0v) is 13.9. The molecule has 1 heterocycles. The van der Waals surface area contributed by atoms with E-state index in [1.807, 2.05) is 6.92 Å². The standard InChI is InChI=1S/C15H18N4O4S/c1-2-23-14-8-7-13(18-19-14)15(20)17-10-9-11-3-5-12(6-4-11)24(16,21)22/h3-8H,2,9-10H2,1H3,(H,17,20)(H2,16,21,22). The van der Waals surface area contributed by atoms with Gasteiger partial charge in [0.05, 0.1) is 11.5 Å². The highest BCUT2D eigenvalue weighted by molar-refractivity contribution is 7.89. The Morgan fingerprint density at radius 3 is 2.42 bits per heavy atom. The van der Waals surface area contributed by atoms with Crippen LogP contribution in [0.5, 0.6) is 5.88 Å². The first-order valence-corrected chi connectivity index (χ1v) is 8.81. The number of amides is 1. The minimum Gasteiger partial charge on any atom is -0.477 e. The van der Waals surface area contributed by atoms with Crippen LogP contribution in [-0.2, 0) is 16.4 Å². The highest BCUT2D eigenvalue weighted by Gasteiger charge is 2.09. The SMILES string of the molecule is CCOc1ccc(C(=O)NCCc2ccc(S(N)(=O)=O)cc2)nn1. The summed E-state index contributed by atoms with van der Waals surface area (Å²) in [6.07, 6.45) is 0.543. The molecule has 0 saturated heterocycles. The Kier molecular flexibility index (Phi) is 5.83. The molecule has 0 aliphatic heterocycles. The average Bonchev–Trinajstić information content (AvgIpc) is 2.55. The van der Waals surface area contributed by atoms with Crippen LogP contribution in [0.2, 0.25) is 0 Å². The van der Waals surface area contributed by atoms with Crippen LogP contribution in [0.15, 0.2) is 41.3 Å². The van der Waals surface area contributed by atoms with E-state index < -0.39 is 10.0 Å². The molecular formula is C15H18N4O4S. The van der Waals surface area contributed by atoms with Gasteiger partial charge >= 0.3 is 0 Å². The van der Waals surface area contributed by atoms with Crippen LogP contribution in [0.3, 0.4) is 0 Å². The first kappa shape index (κ1) is 17.8. The van der Waals surface area contributed by atoms with Gasteiger partial charge in [-0.05, 0) is 37.1 Å². The highest BCUT2D eigenvalue weighted by atomic mass is 32.2. The first-order valence-electron chi connectivity index (χ1n) is 7.26. The summed E-state index contributed by atoms with van der Waals surface area (Å²) >= 11 is 0. The van der Waals surface area contributed by atoms with E-state index in [0.29, 0.717) is 25.5 Å². The summed E-state index contributed by atoms with van der Waals surface area (Å²) in [5.74, 6) is 0.0238. The number of ether oxygens (including phenoxy) is 1. The summed E-state index contributed by atoms with van der Waals surface area (Å²) in [7, 11) is -3.69. The summed E-state index contributed by atoms with van der Waals surface area (Å²) in [5, 5.41) is 15.3. The maximum absolute atomic E-state index is 11.9. The Hall–Kier alpha value is -2.52. The zero-order chi connectivity index (χ0) is 17.6. The molecule has 2 aromatic rings. The Morgan fingerprint density at radius 1 is 1.17 bits per heavy atom. The molecule has 0 spiro atoms. The molecule has 24 heavy (non-hydrogen) atoms. The molecule has 0 aliphatic rings. The van der Waals surface area contributed by atoms with Gasteiger partial charge in [-0.15, -0.1) is 10.2 Å². The predicted octanol–water partition coefficient (Wildman–Crippen LogP) is 0.495. The van der Waals surface area contributed by atoms with Crippen molar-refractivity contribution in [2.75, 3.05) is 13.2 Å². The maximum atomic E-state index is 11.9. The molecule has 8 nitrogen and oxygen atoms in total. The van der Waals surface area contributed by atoms with Crippen molar-refractivity contribution in [3.63, 3.8) is 0 Å². The Labute approximate surface area is 140 Å². The summed E-state index contributed by atoms with van der Waals surface area (Å²) in [5.41, 5.74) is 1.07. The van der Waals surface area contributed by atoms with E-state index in [1.54, 1.807) is 18.2 Å². The fraction of sp³-hybridized carbons (Fsp3) is 0.267. The van der Waals surface area contributed by atoms with Crippen molar-refractivity contribution in [2.24, 2.45) is 5.14 Å². The third-order valence-electron chi connectivity index (χ3n) is 3.12. The molecule has 0 aliphatic carbocycles. The van der Waals surface area contributed by atoms with E-state index in [0.717, 1.165) is 5.56 Å². The number of rotatable bonds is 7. The van der Waals surface area contributed by atoms with Crippen LogP contribution in [0.4, 0.5) is 0 Å². The van der Waals surface area contributed by atoms with Crippen molar-refractivity contribution in [3.05, 3.63) is 47.7 Å². The van der Waals surface area contributed by atoms with Crippen LogP contribution < -0.4 is 15.2 Å². The second-order valence-electron chi connectivity index (χ2n) is 4.88. The molecular weight excluding hydrogens is 332 g/mol. The van der Waals surface area contributed by atoms with E-state index >= 15 is 0 Å². The molecule has 0 fully saturated rings. The van der Waals surface area contributed by atoms with Gasteiger partial charge in [-0.1, -0.05) is 12.1 Å². The summed E-state index contributed by atoms with van der Waals surface area (Å²) in [6, 6.07) is 9.30. The van der Waals surface area contributed by atoms with E-state index in [1.165, 1.54) is 18.2 Å². The number of primary sulfonamides is 1. The Bertz CT molecular complexity index is 789. The molecule has 1 aromatic heterocycles. The molecule has 9 heteroatoms. The number of carbonyl (C=O) groups is 1. The molecule has 128 valence electrons. The van der Waals surface area contributed by atoms with Crippen LogP contribution in [0, 0.1) is 0 Å². The van der Waals surface area contributed by atoms with Crippen molar-refractivity contribution >= 4 is 15.9 Å². The smallest absolute Gasteiger partial charge is 0.271 e. The molecule has 3 N–H and O–H groups in total. The second-order valence-corrected chi connectivity index (χ2v) is 6.45. The van der Waals surface area contributed by atoms with Crippen LogP contribution in [0.1, 0.15) is 23.0 Å². The van der Waals surface area contributed by atoms with Gasteiger partial charge in [-0.25, -0.2) is 13.6 Å². The van der Waals surface area contributed by atoms with Crippen molar-refractivity contribution in [3.8, 4) is 5.88 Å². The minimum absolute atomic E-state index is 0.0555. The number of nitrogens with zero attached hydrogens (tertiary/aromatic N) is 2. The highest BCUT2D eigenvalue weighted by Crippen LogP contribution is 2.09. The van der Waals surface area contributed by atoms with Crippen molar-refractivity contribution < 1.29 is 17.9 Å². The van der Waals surface area contributed by atoms with Gasteiger partial charge in [-0.3, -0.25) is 4.79 Å². The van der Waals surface area contributed by atoms with Crippen LogP contribution in [0.25, 0.3) is 0 Å². The molecule has 0 radical (unpaired) electrons. The maximum Gasteiger partial charge on any atom is 0.271 e. The fourth-order valence-electron chi connectivity index (χ4n) is 1.92. The minimum atomic E-state index is -3.69. The van der Waals surface area contributed by atoms with Gasteiger partial charge in [-0.2, -0.15) is 0 Å². The van der Waals surface area contributed by atoms with Gasteiger partial charge in [0.15, 0.2) is 5.69 Å². The third-order valence-corrected chi connectivity index (χ3v) is 4.05. The van der Waals surface area contributed by atoms with Crippen LogP contribution in [-0.4, -0.2) is 37.7 Å².